The van der Waals surface area contributed by atoms with Crippen LogP contribution < -0.4 is 5.73 Å². The summed E-state index contributed by atoms with van der Waals surface area (Å²) in [5.41, 5.74) is 10.1. The van der Waals surface area contributed by atoms with E-state index < -0.39 is 12.0 Å². The van der Waals surface area contributed by atoms with Crippen LogP contribution in [0.1, 0.15) is 0 Å². The van der Waals surface area contributed by atoms with E-state index in [1.54, 1.807) is 0 Å². The molecule has 0 aromatic rings. The van der Waals surface area contributed by atoms with Gasteiger partial charge >= 0.3 is 6.18 Å². The molecular weight excluding hydrogens is 137 g/mol. The number of alkyl halides is 3. The zero-order valence-corrected chi connectivity index (χ0v) is 4.11. The molecule has 0 saturated carbocycles. The molecule has 7 heteroatoms. The minimum atomic E-state index is -4.68. The molecule has 0 unspecified atom stereocenters. The predicted molar refractivity (Wildman–Crippen MR) is 22.8 cm³/mol. The minimum absolute atomic E-state index is 1.61. The molecule has 0 aliphatic carbocycles. The highest BCUT2D eigenvalue weighted by Gasteiger charge is 2.33. The molecular formula is C2H3F3N4. The summed E-state index contributed by atoms with van der Waals surface area (Å²) in [6, 6.07) is 0. The number of amidine groups is 1. The van der Waals surface area contributed by atoms with E-state index in [1.165, 1.54) is 0 Å². The fraction of sp³-hybridized carbons (Fsp3) is 0.500. The first-order valence-corrected chi connectivity index (χ1v) is 1.75. The highest BCUT2D eigenvalue weighted by Crippen LogP contribution is 2.13. The summed E-state index contributed by atoms with van der Waals surface area (Å²) >= 11 is 0. The van der Waals surface area contributed by atoms with E-state index >= 15 is 0 Å². The summed E-state index contributed by atoms with van der Waals surface area (Å²) in [7, 11) is 0. The van der Waals surface area contributed by atoms with Crippen molar-refractivity contribution in [3.05, 3.63) is 0 Å². The van der Waals surface area contributed by atoms with Gasteiger partial charge in [0.15, 0.2) is 0 Å². The van der Waals surface area contributed by atoms with Crippen LogP contribution in [0, 0.1) is 5.53 Å². The van der Waals surface area contributed by atoms with Crippen molar-refractivity contribution in [2.24, 2.45) is 16.1 Å². The van der Waals surface area contributed by atoms with Gasteiger partial charge in [-0.25, -0.2) is 0 Å². The number of hydrogen-bond donors (Lipinski definition) is 2. The Morgan fingerprint density at radius 1 is 1.44 bits per heavy atom. The maximum Gasteiger partial charge on any atom is 0.450 e. The van der Waals surface area contributed by atoms with Crippen LogP contribution in [0.5, 0.6) is 0 Å². The Kier molecular flexibility index (Phi) is 2.12. The van der Waals surface area contributed by atoms with Gasteiger partial charge in [-0.15, -0.1) is 5.10 Å². The summed E-state index contributed by atoms with van der Waals surface area (Å²) in [5, 5.41) is 4.35. The molecule has 3 N–H and O–H groups in total. The van der Waals surface area contributed by atoms with Gasteiger partial charge in [0.05, 0.1) is 0 Å². The maximum atomic E-state index is 11.2. The molecule has 0 saturated heterocycles. The smallest absolute Gasteiger partial charge is 0.378 e. The number of rotatable bonds is 1. The number of nitrogens with zero attached hydrogens (tertiary/aromatic N) is 2. The molecule has 52 valence electrons. The number of nitrogens with one attached hydrogen (secondary N) is 1. The largest absolute Gasteiger partial charge is 0.450 e. The fourth-order valence-corrected chi connectivity index (χ4v) is 0.111. The van der Waals surface area contributed by atoms with Gasteiger partial charge in [0.2, 0.25) is 5.84 Å². The SMILES string of the molecule is N=NN=C(N)C(F)(F)F. The lowest BCUT2D eigenvalue weighted by Gasteiger charge is -2.00. The van der Waals surface area contributed by atoms with Crippen LogP contribution in [-0.4, -0.2) is 12.0 Å². The Morgan fingerprint density at radius 2 is 1.89 bits per heavy atom. The Labute approximate surface area is 48.0 Å². The second-order valence-electron chi connectivity index (χ2n) is 1.08. The first kappa shape index (κ1) is 7.86. The molecule has 0 aliphatic heterocycles. The molecule has 0 rings (SSSR count). The van der Waals surface area contributed by atoms with Gasteiger partial charge < -0.3 is 5.73 Å². The second-order valence-corrected chi connectivity index (χ2v) is 1.08. The topological polar surface area (TPSA) is 74.6 Å². The Hall–Kier alpha value is -1.14. The standard InChI is InChI=1S/C2H3F3N4/c3-2(4,5)1(6)8-9-7/h(H3,6,7,8). The van der Waals surface area contributed by atoms with E-state index in [0.29, 0.717) is 0 Å². The second kappa shape index (κ2) is 2.42. The molecule has 4 nitrogen and oxygen atoms in total. The lowest BCUT2D eigenvalue weighted by molar-refractivity contribution is -0.0600. The molecule has 0 spiro atoms. The van der Waals surface area contributed by atoms with Gasteiger partial charge in [-0.05, 0) is 0 Å². The van der Waals surface area contributed by atoms with Gasteiger partial charge in [0.1, 0.15) is 0 Å². The molecule has 0 amide bonds. The van der Waals surface area contributed by atoms with Crippen molar-refractivity contribution in [2.45, 2.75) is 6.18 Å². The van der Waals surface area contributed by atoms with Crippen molar-refractivity contribution in [3.8, 4) is 0 Å². The van der Waals surface area contributed by atoms with Crippen molar-refractivity contribution < 1.29 is 13.2 Å². The van der Waals surface area contributed by atoms with Crippen molar-refractivity contribution in [2.75, 3.05) is 0 Å². The molecule has 9 heavy (non-hydrogen) atoms. The van der Waals surface area contributed by atoms with Crippen molar-refractivity contribution >= 4 is 5.84 Å². The molecule has 0 fully saturated rings. The van der Waals surface area contributed by atoms with Crippen LogP contribution >= 0.6 is 0 Å². The molecule has 0 bridgehead atoms. The third-order valence-electron chi connectivity index (χ3n) is 0.448. The maximum absolute atomic E-state index is 11.2. The molecule has 0 aromatic carbocycles. The van der Waals surface area contributed by atoms with E-state index in [2.05, 4.69) is 16.1 Å². The molecule has 0 radical (unpaired) electrons. The lowest BCUT2D eigenvalue weighted by atomic mass is 10.6. The Balaban J connectivity index is 4.19. The van der Waals surface area contributed by atoms with Crippen molar-refractivity contribution in [1.29, 1.82) is 5.53 Å². The molecule has 0 atom stereocenters. The van der Waals surface area contributed by atoms with E-state index in [1.807, 2.05) is 0 Å². The van der Waals surface area contributed by atoms with Crippen molar-refractivity contribution in [3.63, 3.8) is 0 Å². The highest BCUT2D eigenvalue weighted by atomic mass is 19.4. The molecule has 0 aliphatic rings. The Bertz CT molecular complexity index is 135. The average molecular weight is 140 g/mol. The van der Waals surface area contributed by atoms with Crippen LogP contribution in [0.25, 0.3) is 0 Å². The number of nitrogens with two attached hydrogens (primary N) is 1. The zero-order chi connectivity index (χ0) is 7.49. The third-order valence-corrected chi connectivity index (χ3v) is 0.448. The predicted octanol–water partition coefficient (Wildman–Crippen LogP) is 0.852. The van der Waals surface area contributed by atoms with Crippen LogP contribution in [0.2, 0.25) is 0 Å². The third kappa shape index (κ3) is 2.62. The zero-order valence-electron chi connectivity index (χ0n) is 4.11. The minimum Gasteiger partial charge on any atom is -0.378 e. The van der Waals surface area contributed by atoms with E-state index in [0.717, 1.165) is 0 Å². The van der Waals surface area contributed by atoms with Gasteiger partial charge in [0, 0.05) is 0 Å². The van der Waals surface area contributed by atoms with Crippen LogP contribution in [0.4, 0.5) is 13.2 Å². The summed E-state index contributed by atoms with van der Waals surface area (Å²) in [4.78, 5) is 0. The first-order chi connectivity index (χ1) is 3.98. The summed E-state index contributed by atoms with van der Waals surface area (Å²) < 4.78 is 33.7. The number of hydrogen-bond acceptors (Lipinski definition) is 2. The van der Waals surface area contributed by atoms with Gasteiger partial charge in [-0.2, -0.15) is 18.7 Å². The summed E-state index contributed by atoms with van der Waals surface area (Å²) in [6.45, 7) is 0. The monoisotopic (exact) mass is 140 g/mol. The fourth-order valence-electron chi connectivity index (χ4n) is 0.111. The van der Waals surface area contributed by atoms with Gasteiger partial charge in [-0.3, -0.25) is 0 Å². The van der Waals surface area contributed by atoms with Gasteiger partial charge in [-0.1, -0.05) is 5.22 Å². The molecule has 0 aromatic heterocycles. The van der Waals surface area contributed by atoms with Crippen LogP contribution in [0.15, 0.2) is 10.3 Å². The summed E-state index contributed by atoms with van der Waals surface area (Å²) in [5.74, 6) is -1.61. The van der Waals surface area contributed by atoms with Crippen LogP contribution in [-0.2, 0) is 0 Å². The van der Waals surface area contributed by atoms with E-state index in [9.17, 15) is 13.2 Å². The first-order valence-electron chi connectivity index (χ1n) is 1.75. The van der Waals surface area contributed by atoms with Crippen molar-refractivity contribution in [1.82, 2.24) is 0 Å². The van der Waals surface area contributed by atoms with E-state index in [4.69, 9.17) is 5.53 Å². The number of halogens is 3. The Morgan fingerprint density at radius 3 is 2.00 bits per heavy atom. The van der Waals surface area contributed by atoms with Gasteiger partial charge in [0.25, 0.3) is 0 Å². The lowest BCUT2D eigenvalue weighted by Crippen LogP contribution is -2.30. The molecule has 0 heterocycles. The highest BCUT2D eigenvalue weighted by molar-refractivity contribution is 5.85. The average Bonchev–Trinajstić information content (AvgIpc) is 1.64. The van der Waals surface area contributed by atoms with Crippen LogP contribution in [0.3, 0.4) is 0 Å². The van der Waals surface area contributed by atoms with E-state index in [-0.39, 0.29) is 0 Å². The quantitative estimate of drug-likeness (QED) is 0.241. The normalized spacial score (nSPS) is 13.4. The summed E-state index contributed by atoms with van der Waals surface area (Å²) in [6.07, 6.45) is -4.68.